The normalized spacial score (nSPS) is 23.3. The van der Waals surface area contributed by atoms with Crippen LogP contribution in [0.1, 0.15) is 75.3 Å². The van der Waals surface area contributed by atoms with E-state index in [0.717, 1.165) is 55.5 Å². The largest absolute Gasteiger partial charge is 0.489 e. The average molecular weight is 494 g/mol. The number of carbonyl (C=O) groups is 1. The molecular formula is C30H40FN3O2. The second-order valence-corrected chi connectivity index (χ2v) is 11.2. The van der Waals surface area contributed by atoms with Crippen LogP contribution in [0.5, 0.6) is 5.75 Å². The molecule has 0 spiro atoms. The summed E-state index contributed by atoms with van der Waals surface area (Å²) in [5.41, 5.74) is 3.01. The van der Waals surface area contributed by atoms with Gasteiger partial charge in [0.15, 0.2) is 5.66 Å². The number of ether oxygens (including phenoxy) is 1. The van der Waals surface area contributed by atoms with Crippen molar-refractivity contribution in [2.24, 2.45) is 11.8 Å². The first-order valence-corrected chi connectivity index (χ1v) is 13.8. The third-order valence-corrected chi connectivity index (χ3v) is 8.53. The van der Waals surface area contributed by atoms with Crippen molar-refractivity contribution in [1.82, 2.24) is 5.32 Å². The monoisotopic (exact) mass is 493 g/mol. The minimum absolute atomic E-state index is 0.0887. The molecule has 2 aliphatic carbocycles. The van der Waals surface area contributed by atoms with Crippen LogP contribution in [0.2, 0.25) is 0 Å². The van der Waals surface area contributed by atoms with Gasteiger partial charge in [-0.1, -0.05) is 44.6 Å². The summed E-state index contributed by atoms with van der Waals surface area (Å²) in [6, 6.07) is 11.1. The Hall–Kier alpha value is -2.76. The Morgan fingerprint density at radius 1 is 0.944 bits per heavy atom. The van der Waals surface area contributed by atoms with Gasteiger partial charge in [-0.25, -0.2) is 4.39 Å². The Kier molecular flexibility index (Phi) is 7.40. The van der Waals surface area contributed by atoms with Gasteiger partial charge >= 0.3 is 0 Å². The molecule has 2 fully saturated rings. The van der Waals surface area contributed by atoms with E-state index in [1.807, 2.05) is 12.1 Å². The van der Waals surface area contributed by atoms with Crippen LogP contribution < -0.4 is 20.7 Å². The number of nitrogens with one attached hydrogen (secondary N) is 3. The van der Waals surface area contributed by atoms with Crippen molar-refractivity contribution < 1.29 is 13.9 Å². The van der Waals surface area contributed by atoms with Gasteiger partial charge in [-0.3, -0.25) is 4.79 Å². The molecule has 36 heavy (non-hydrogen) atoms. The highest BCUT2D eigenvalue weighted by atomic mass is 19.1. The highest BCUT2D eigenvalue weighted by Crippen LogP contribution is 2.44. The van der Waals surface area contributed by atoms with Crippen molar-refractivity contribution in [3.63, 3.8) is 0 Å². The molecule has 5 rings (SSSR count). The Balaban J connectivity index is 1.48. The summed E-state index contributed by atoms with van der Waals surface area (Å²) in [7, 11) is 0. The number of hydrogen-bond donors (Lipinski definition) is 3. The lowest BCUT2D eigenvalue weighted by Crippen LogP contribution is -2.61. The highest BCUT2D eigenvalue weighted by molar-refractivity contribution is 5.86. The van der Waals surface area contributed by atoms with E-state index < -0.39 is 5.66 Å². The molecule has 5 nitrogen and oxygen atoms in total. The van der Waals surface area contributed by atoms with Crippen LogP contribution in [-0.2, 0) is 4.79 Å². The van der Waals surface area contributed by atoms with Crippen LogP contribution in [0.25, 0.3) is 0 Å². The van der Waals surface area contributed by atoms with Gasteiger partial charge in [-0.05, 0) is 86.9 Å². The molecule has 6 heteroatoms. The quantitative estimate of drug-likeness (QED) is 0.402. The van der Waals surface area contributed by atoms with Gasteiger partial charge in [0, 0.05) is 6.04 Å². The molecule has 1 amide bonds. The summed E-state index contributed by atoms with van der Waals surface area (Å²) < 4.78 is 20.6. The van der Waals surface area contributed by atoms with Gasteiger partial charge in [0.25, 0.3) is 0 Å². The minimum Gasteiger partial charge on any atom is -0.489 e. The van der Waals surface area contributed by atoms with Crippen LogP contribution in [0.15, 0.2) is 36.4 Å². The van der Waals surface area contributed by atoms with Crippen molar-refractivity contribution in [3.05, 3.63) is 53.3 Å². The molecule has 3 N–H and O–H groups in total. The Morgan fingerprint density at radius 3 is 2.36 bits per heavy atom. The zero-order valence-corrected chi connectivity index (χ0v) is 21.7. The zero-order chi connectivity index (χ0) is 25.1. The van der Waals surface area contributed by atoms with E-state index in [1.54, 1.807) is 6.07 Å². The molecular weight excluding hydrogens is 453 g/mol. The summed E-state index contributed by atoms with van der Waals surface area (Å²) in [4.78, 5) is 14.1. The third kappa shape index (κ3) is 5.33. The van der Waals surface area contributed by atoms with E-state index in [0.29, 0.717) is 5.69 Å². The molecule has 1 heterocycles. The van der Waals surface area contributed by atoms with E-state index in [9.17, 15) is 9.18 Å². The number of hydrogen-bond acceptors (Lipinski definition) is 4. The lowest BCUT2D eigenvalue weighted by molar-refractivity contribution is -0.130. The first-order valence-electron chi connectivity index (χ1n) is 13.8. The maximum atomic E-state index is 14.2. The van der Waals surface area contributed by atoms with Crippen molar-refractivity contribution in [2.45, 2.75) is 89.8 Å². The van der Waals surface area contributed by atoms with Crippen LogP contribution in [0, 0.1) is 31.5 Å². The summed E-state index contributed by atoms with van der Waals surface area (Å²) in [6.07, 6.45) is 11.2. The standard InChI is InChI=1S/C30H40FN3O2/c1-20-13-15-25(17-21(20)2)36-19-30(33-26-16-14-23(31)18-27(26)34-30)28(22-9-5-3-6-10-22)29(35)32-24-11-7-4-8-12-24/h13-18,22,24,28,33-34H,3-12,19H2,1-2H3,(H,32,35). The fraction of sp³-hybridized carbons (Fsp3) is 0.567. The average Bonchev–Trinajstić information content (AvgIpc) is 3.24. The van der Waals surface area contributed by atoms with E-state index in [-0.39, 0.29) is 36.2 Å². The number of halogens is 1. The summed E-state index contributed by atoms with van der Waals surface area (Å²) >= 11 is 0. The van der Waals surface area contributed by atoms with Gasteiger partial charge in [-0.15, -0.1) is 0 Å². The van der Waals surface area contributed by atoms with Crippen molar-refractivity contribution in [1.29, 1.82) is 0 Å². The van der Waals surface area contributed by atoms with E-state index >= 15 is 0 Å². The molecule has 2 unspecified atom stereocenters. The van der Waals surface area contributed by atoms with Gasteiger partial charge in [-0.2, -0.15) is 0 Å². The molecule has 2 saturated carbocycles. The Bertz CT molecular complexity index is 1080. The number of anilines is 2. The number of benzene rings is 2. The number of rotatable bonds is 7. The second-order valence-electron chi connectivity index (χ2n) is 11.2. The molecule has 0 radical (unpaired) electrons. The van der Waals surface area contributed by atoms with E-state index in [4.69, 9.17) is 4.74 Å². The number of fused-ring (bicyclic) bond motifs is 1. The molecule has 0 saturated heterocycles. The van der Waals surface area contributed by atoms with E-state index in [1.165, 1.54) is 43.4 Å². The Labute approximate surface area is 214 Å². The number of carbonyl (C=O) groups excluding carboxylic acids is 1. The predicted octanol–water partition coefficient (Wildman–Crippen LogP) is 6.70. The molecule has 0 bridgehead atoms. The molecule has 0 aromatic heterocycles. The summed E-state index contributed by atoms with van der Waals surface area (Å²) in [6.45, 7) is 4.41. The fourth-order valence-electron chi connectivity index (χ4n) is 6.40. The Morgan fingerprint density at radius 2 is 1.64 bits per heavy atom. The smallest absolute Gasteiger partial charge is 0.228 e. The maximum Gasteiger partial charge on any atom is 0.228 e. The first kappa shape index (κ1) is 24.9. The van der Waals surface area contributed by atoms with Gasteiger partial charge in [0.05, 0.1) is 17.3 Å². The van der Waals surface area contributed by atoms with Crippen LogP contribution in [-0.4, -0.2) is 24.2 Å². The maximum absolute atomic E-state index is 14.2. The van der Waals surface area contributed by atoms with Crippen molar-refractivity contribution in [3.8, 4) is 5.75 Å². The number of aryl methyl sites for hydroxylation is 2. The van der Waals surface area contributed by atoms with Crippen molar-refractivity contribution >= 4 is 17.3 Å². The van der Waals surface area contributed by atoms with E-state index in [2.05, 4.69) is 35.9 Å². The summed E-state index contributed by atoms with van der Waals surface area (Å²) in [5, 5.41) is 10.6. The molecule has 2 aromatic rings. The lowest BCUT2D eigenvalue weighted by Gasteiger charge is -2.43. The predicted molar refractivity (Wildman–Crippen MR) is 143 cm³/mol. The molecule has 3 aliphatic rings. The fourth-order valence-corrected chi connectivity index (χ4v) is 6.40. The second kappa shape index (κ2) is 10.7. The first-order chi connectivity index (χ1) is 17.4. The lowest BCUT2D eigenvalue weighted by atomic mass is 9.73. The van der Waals surface area contributed by atoms with Crippen LogP contribution in [0.3, 0.4) is 0 Å². The zero-order valence-electron chi connectivity index (χ0n) is 21.7. The third-order valence-electron chi connectivity index (χ3n) is 8.53. The number of amides is 1. The minimum atomic E-state index is -0.865. The van der Waals surface area contributed by atoms with Gasteiger partial charge in [0.1, 0.15) is 18.2 Å². The SMILES string of the molecule is Cc1ccc(OCC2(C(C(=O)NC3CCCCC3)C3CCCCC3)Nc3ccc(F)cc3N2)cc1C. The van der Waals surface area contributed by atoms with Gasteiger partial charge in [0.2, 0.25) is 5.91 Å². The molecule has 2 aromatic carbocycles. The molecule has 1 aliphatic heterocycles. The topological polar surface area (TPSA) is 62.4 Å². The van der Waals surface area contributed by atoms with Crippen molar-refractivity contribution in [2.75, 3.05) is 17.2 Å². The molecule has 2 atom stereocenters. The van der Waals surface area contributed by atoms with Crippen LogP contribution >= 0.6 is 0 Å². The molecule has 194 valence electrons. The summed E-state index contributed by atoms with van der Waals surface area (Å²) in [5.74, 6) is 0.449. The highest BCUT2D eigenvalue weighted by Gasteiger charge is 2.51. The van der Waals surface area contributed by atoms with Gasteiger partial charge < -0.3 is 20.7 Å². The van der Waals surface area contributed by atoms with Crippen LogP contribution in [0.4, 0.5) is 15.8 Å².